The Hall–Kier alpha value is 0.277. The molecule has 18 heavy (non-hydrogen) atoms. The Morgan fingerprint density at radius 2 is 1.83 bits per heavy atom. The second-order valence-corrected chi connectivity index (χ2v) is 12.8. The molecule has 6 nitrogen and oxygen atoms in total. The maximum Gasteiger partial charge on any atom is 0.325 e. The molecule has 4 N–H and O–H groups in total. The molecular weight excluding hydrogens is 341 g/mol. The lowest BCUT2D eigenvalue weighted by Crippen LogP contribution is -2.45. The van der Waals surface area contributed by atoms with Crippen LogP contribution in [0.1, 0.15) is 13.3 Å². The summed E-state index contributed by atoms with van der Waals surface area (Å²) in [5.41, 5.74) is 5.60. The van der Waals surface area contributed by atoms with Crippen LogP contribution in [0.15, 0.2) is 0 Å². The van der Waals surface area contributed by atoms with Crippen LogP contribution in [0.25, 0.3) is 0 Å². The van der Waals surface area contributed by atoms with E-state index in [-0.39, 0.29) is 30.0 Å². The number of rotatable bonds is 6. The van der Waals surface area contributed by atoms with Gasteiger partial charge < -0.3 is 20.3 Å². The Morgan fingerprint density at radius 1 is 1.39 bits per heavy atom. The lowest BCUT2D eigenvalue weighted by atomic mass is 10.2. The van der Waals surface area contributed by atoms with Crippen molar-refractivity contribution in [3.05, 3.63) is 0 Å². The Bertz CT molecular complexity index is 317. The van der Waals surface area contributed by atoms with E-state index >= 15 is 0 Å². The van der Waals surface area contributed by atoms with E-state index < -0.39 is 33.0 Å². The van der Waals surface area contributed by atoms with Crippen LogP contribution in [0.5, 0.6) is 0 Å². The molecule has 0 aliphatic carbocycles. The van der Waals surface area contributed by atoms with Gasteiger partial charge in [-0.25, -0.2) is 0 Å². The fourth-order valence-corrected chi connectivity index (χ4v) is 7.08. The molecule has 0 aliphatic rings. The highest BCUT2D eigenvalue weighted by Gasteiger charge is 2.42. The van der Waals surface area contributed by atoms with E-state index in [0.717, 1.165) is 0 Å². The van der Waals surface area contributed by atoms with E-state index in [1.54, 1.807) is 6.92 Å². The lowest BCUT2D eigenvalue weighted by Gasteiger charge is -2.30. The van der Waals surface area contributed by atoms with Crippen LogP contribution in [-0.2, 0) is 14.1 Å². The van der Waals surface area contributed by atoms with Crippen molar-refractivity contribution < 1.29 is 23.9 Å². The largest absolute Gasteiger partial charge is 0.465 e. The number of hydrogen-bond acceptors (Lipinski definition) is 4. The zero-order chi connectivity index (χ0) is 13.9. The zero-order valence-corrected chi connectivity index (χ0v) is 14.7. The van der Waals surface area contributed by atoms with Crippen molar-refractivity contribution in [1.29, 1.82) is 0 Å². The van der Waals surface area contributed by atoms with Gasteiger partial charge in [-0.15, -0.1) is 17.0 Å². The predicted octanol–water partition coefficient (Wildman–Crippen LogP) is 1.27. The summed E-state index contributed by atoms with van der Waals surface area (Å²) in [6.45, 7) is 7.39. The zero-order valence-electron chi connectivity index (χ0n) is 11.1. The average molecular weight is 364 g/mol. The molecular formula is C9H23BrNO5PSi. The van der Waals surface area contributed by atoms with E-state index in [1.807, 2.05) is 19.6 Å². The molecule has 0 aromatic carbocycles. The highest BCUT2D eigenvalue weighted by atomic mass is 79.9. The fourth-order valence-electron chi connectivity index (χ4n) is 1.58. The minimum absolute atomic E-state index is 0. The second kappa shape index (κ2) is 7.77. The summed E-state index contributed by atoms with van der Waals surface area (Å²) in [5, 5.41) is -0.825. The molecule has 0 aromatic heterocycles. The number of carbonyl (C=O) groups is 1. The maximum absolute atomic E-state index is 11.4. The van der Waals surface area contributed by atoms with Gasteiger partial charge in [-0.3, -0.25) is 9.36 Å². The smallest absolute Gasteiger partial charge is 0.325 e. The van der Waals surface area contributed by atoms with Crippen molar-refractivity contribution in [2.75, 3.05) is 6.61 Å². The van der Waals surface area contributed by atoms with Crippen molar-refractivity contribution >= 4 is 38.6 Å². The molecule has 0 radical (unpaired) electrons. The van der Waals surface area contributed by atoms with Crippen LogP contribution in [0.3, 0.4) is 0 Å². The van der Waals surface area contributed by atoms with Gasteiger partial charge in [0.25, 0.3) is 0 Å². The molecule has 0 aromatic rings. The molecule has 0 fully saturated rings. The third-order valence-electron chi connectivity index (χ3n) is 2.47. The molecule has 0 heterocycles. The molecule has 0 rings (SSSR count). The van der Waals surface area contributed by atoms with Gasteiger partial charge in [0.1, 0.15) is 6.04 Å². The van der Waals surface area contributed by atoms with Gasteiger partial charge in [0.2, 0.25) is 0 Å². The summed E-state index contributed by atoms with van der Waals surface area (Å²) < 4.78 is 16.1. The first-order valence-electron chi connectivity index (χ1n) is 5.47. The van der Waals surface area contributed by atoms with Gasteiger partial charge in [0, 0.05) is 0 Å². The highest BCUT2D eigenvalue weighted by molar-refractivity contribution is 8.93. The summed E-state index contributed by atoms with van der Waals surface area (Å²) in [4.78, 5) is 30.0. The first-order valence-corrected chi connectivity index (χ1v) is 10.7. The van der Waals surface area contributed by atoms with E-state index in [1.165, 1.54) is 0 Å². The SMILES string of the molecule is Br.CCOC(=O)[C@@H](N)C[C@@H]([Si](C)(C)C)P(=O)(O)O. The molecule has 0 spiro atoms. The first-order chi connectivity index (χ1) is 7.50. The third kappa shape index (κ3) is 7.01. The number of ether oxygens (including phenoxy) is 1. The van der Waals surface area contributed by atoms with Crippen LogP contribution >= 0.6 is 24.6 Å². The Balaban J connectivity index is 0. The number of carbonyl (C=O) groups excluding carboxylic acids is 1. The highest BCUT2D eigenvalue weighted by Crippen LogP contribution is 2.47. The van der Waals surface area contributed by atoms with Gasteiger partial charge >= 0.3 is 13.6 Å². The van der Waals surface area contributed by atoms with Gasteiger partial charge in [-0.1, -0.05) is 19.6 Å². The standard InChI is InChI=1S/C9H22NO5PSi.BrH/c1-5-15-9(11)7(10)6-8(16(12,13)14)17(2,3)4;/h7-8H,5-6,10H2,1-4H3,(H2,12,13,14);1H/t7-,8+;/m0./s1. The summed E-state index contributed by atoms with van der Waals surface area (Å²) in [6.07, 6.45) is -0.0289. The van der Waals surface area contributed by atoms with E-state index in [4.69, 9.17) is 10.5 Å². The summed E-state index contributed by atoms with van der Waals surface area (Å²) in [7, 11) is -6.34. The molecule has 0 saturated carbocycles. The van der Waals surface area contributed by atoms with Crippen LogP contribution in [-0.4, -0.2) is 41.8 Å². The van der Waals surface area contributed by atoms with Crippen molar-refractivity contribution in [3.63, 3.8) is 0 Å². The normalized spacial score (nSPS) is 15.5. The quantitative estimate of drug-likeness (QED) is 0.372. The minimum Gasteiger partial charge on any atom is -0.465 e. The van der Waals surface area contributed by atoms with Crippen molar-refractivity contribution in [2.45, 2.75) is 44.3 Å². The molecule has 9 heteroatoms. The number of esters is 1. The van der Waals surface area contributed by atoms with Crippen LogP contribution in [0.2, 0.25) is 19.6 Å². The molecule has 0 amide bonds. The molecule has 0 aliphatic heterocycles. The molecule has 2 atom stereocenters. The molecule has 0 unspecified atom stereocenters. The monoisotopic (exact) mass is 363 g/mol. The number of hydrogen-bond donors (Lipinski definition) is 3. The van der Waals surface area contributed by atoms with Gasteiger partial charge in [-0.05, 0) is 13.3 Å². The lowest BCUT2D eigenvalue weighted by molar-refractivity contribution is -0.144. The number of nitrogens with two attached hydrogens (primary N) is 1. The van der Waals surface area contributed by atoms with Crippen molar-refractivity contribution in [3.8, 4) is 0 Å². The van der Waals surface area contributed by atoms with Crippen LogP contribution in [0.4, 0.5) is 0 Å². The summed E-state index contributed by atoms with van der Waals surface area (Å²) >= 11 is 0. The molecule has 0 bridgehead atoms. The average Bonchev–Trinajstić information content (AvgIpc) is 2.10. The fraction of sp³-hybridized carbons (Fsp3) is 0.889. The van der Waals surface area contributed by atoms with Gasteiger partial charge in [0.15, 0.2) is 0 Å². The summed E-state index contributed by atoms with van der Waals surface area (Å²) in [6, 6.07) is -0.973. The Morgan fingerprint density at radius 3 is 2.11 bits per heavy atom. The van der Waals surface area contributed by atoms with Gasteiger partial charge in [-0.2, -0.15) is 0 Å². The van der Waals surface area contributed by atoms with Crippen LogP contribution < -0.4 is 5.73 Å². The Labute approximate surface area is 119 Å². The predicted molar refractivity (Wildman–Crippen MR) is 78.7 cm³/mol. The first kappa shape index (κ1) is 20.6. The molecule has 0 saturated heterocycles. The van der Waals surface area contributed by atoms with E-state index in [2.05, 4.69) is 0 Å². The Kier molecular flexibility index (Phi) is 8.88. The number of halogens is 1. The van der Waals surface area contributed by atoms with Gasteiger partial charge in [0.05, 0.1) is 20.0 Å². The molecule has 110 valence electrons. The second-order valence-electron chi connectivity index (χ2n) is 5.07. The van der Waals surface area contributed by atoms with Crippen molar-refractivity contribution in [1.82, 2.24) is 0 Å². The third-order valence-corrected chi connectivity index (χ3v) is 9.06. The van der Waals surface area contributed by atoms with E-state index in [0.29, 0.717) is 0 Å². The summed E-state index contributed by atoms with van der Waals surface area (Å²) in [5.74, 6) is -0.607. The topological polar surface area (TPSA) is 110 Å². The van der Waals surface area contributed by atoms with Crippen LogP contribution in [0, 0.1) is 0 Å². The van der Waals surface area contributed by atoms with Crippen molar-refractivity contribution in [2.24, 2.45) is 5.73 Å². The van der Waals surface area contributed by atoms with E-state index in [9.17, 15) is 19.1 Å². The maximum atomic E-state index is 11.4. The minimum atomic E-state index is -4.24.